The molecule has 6 aromatic rings. The summed E-state index contributed by atoms with van der Waals surface area (Å²) in [4.78, 5) is 39.5. The van der Waals surface area contributed by atoms with Crippen molar-refractivity contribution in [1.29, 1.82) is 0 Å². The molecule has 0 radical (unpaired) electrons. The number of fused-ring (bicyclic) bond motifs is 1. The average Bonchev–Trinajstić information content (AvgIpc) is 3.60. The number of hydrogen-bond donors (Lipinski definition) is 2. The predicted molar refractivity (Wildman–Crippen MR) is 217 cm³/mol. The zero-order valence-corrected chi connectivity index (χ0v) is 34.6. The minimum Gasteiger partial charge on any atom is -0.368 e. The highest BCUT2D eigenvalue weighted by Crippen LogP contribution is 2.54. The van der Waals surface area contributed by atoms with E-state index in [1.807, 2.05) is 9.80 Å². The summed E-state index contributed by atoms with van der Waals surface area (Å²) in [7, 11) is 0. The van der Waals surface area contributed by atoms with Crippen molar-refractivity contribution in [3.63, 3.8) is 0 Å². The SMILES string of the molecule is C[C@@H]1C[C@@H]1C(F)(F)c1cc(C(F)(F)F)nn1CC(=O)N[C@@H](Cc1cc(F)cc(F)c1)c1nc2nc(N3CCN(c4ccc(C(F)(F)F)cc4)CC3)sc2cc1-c1ccc(F)c(C(N)=O)c1. The third kappa shape index (κ3) is 9.57. The first-order valence-electron chi connectivity index (χ1n) is 19.9. The van der Waals surface area contributed by atoms with Crippen molar-refractivity contribution in [3.05, 3.63) is 124 Å². The number of carbonyl (C=O) groups excluding carboxylic acids is 2. The Bertz CT molecular complexity index is 2760. The summed E-state index contributed by atoms with van der Waals surface area (Å²) in [5.74, 6) is -10.9. The first-order valence-corrected chi connectivity index (χ1v) is 20.7. The Labute approximate surface area is 365 Å². The molecule has 1 aliphatic heterocycles. The highest BCUT2D eigenvalue weighted by atomic mass is 32.1. The van der Waals surface area contributed by atoms with Crippen LogP contribution >= 0.6 is 11.3 Å². The number of carbonyl (C=O) groups is 2. The summed E-state index contributed by atoms with van der Waals surface area (Å²) < 4.78 is 157. The number of nitrogens with one attached hydrogen (secondary N) is 1. The van der Waals surface area contributed by atoms with E-state index in [-0.39, 0.29) is 45.2 Å². The normalized spacial score (nSPS) is 17.4. The second-order valence-electron chi connectivity index (χ2n) is 15.9. The van der Waals surface area contributed by atoms with Gasteiger partial charge in [-0.05, 0) is 90.6 Å². The van der Waals surface area contributed by atoms with Crippen LogP contribution in [0.5, 0.6) is 0 Å². The maximum Gasteiger partial charge on any atom is 0.435 e. The summed E-state index contributed by atoms with van der Waals surface area (Å²) in [5, 5.41) is 6.35. The van der Waals surface area contributed by atoms with E-state index >= 15 is 8.78 Å². The first kappa shape index (κ1) is 45.3. The van der Waals surface area contributed by atoms with E-state index in [1.54, 1.807) is 6.07 Å². The van der Waals surface area contributed by atoms with Crippen LogP contribution in [-0.4, -0.2) is 57.7 Å². The third-order valence-corrected chi connectivity index (χ3v) is 12.4. The lowest BCUT2D eigenvalue weighted by molar-refractivity contribution is -0.142. The standard InChI is InChI=1S/C43H35F11N8O2S/c1-21-12-30(21)41(47,48)35-19-34(43(52,53)54)59-62(35)20-36(63)56-32(15-22-13-25(44)17-26(45)14-22)37-28(23-2-7-31(46)29(16-23)38(55)64)18-33-39(57-37)58-40(65-33)61-10-8-60(9-11-61)27-5-3-24(4-6-27)42(49,50)51/h2-7,13-14,16-19,21,30,32H,8-12,15,20H2,1H3,(H2,55,64)(H,56,63)/t21-,30+,32+/m1/s1. The third-order valence-electron chi connectivity index (χ3n) is 11.4. The lowest BCUT2D eigenvalue weighted by atomic mass is 9.94. The number of primary amides is 1. The molecule has 3 N–H and O–H groups in total. The Morgan fingerprint density at radius 1 is 0.831 bits per heavy atom. The van der Waals surface area contributed by atoms with Crippen LogP contribution in [0.3, 0.4) is 0 Å². The highest BCUT2D eigenvalue weighted by molar-refractivity contribution is 7.22. The van der Waals surface area contributed by atoms with Gasteiger partial charge in [0.2, 0.25) is 5.91 Å². The quantitative estimate of drug-likeness (QED) is 0.117. The lowest BCUT2D eigenvalue weighted by Gasteiger charge is -2.36. The molecule has 22 heteroatoms. The molecule has 0 bridgehead atoms. The van der Waals surface area contributed by atoms with Gasteiger partial charge in [0.15, 0.2) is 16.5 Å². The van der Waals surface area contributed by atoms with Crippen molar-refractivity contribution in [1.82, 2.24) is 25.1 Å². The summed E-state index contributed by atoms with van der Waals surface area (Å²) in [6, 6.07) is 10.9. The Morgan fingerprint density at radius 2 is 1.48 bits per heavy atom. The second-order valence-corrected chi connectivity index (χ2v) is 16.9. The molecule has 4 heterocycles. The number of alkyl halides is 8. The number of hydrogen-bond acceptors (Lipinski definition) is 8. The number of aromatic nitrogens is 4. The van der Waals surface area contributed by atoms with Gasteiger partial charge >= 0.3 is 12.4 Å². The molecule has 342 valence electrons. The second kappa shape index (κ2) is 16.9. The maximum absolute atomic E-state index is 15.6. The molecular formula is C43H35F11N8O2S. The minimum atomic E-state index is -5.15. The fourth-order valence-electron chi connectivity index (χ4n) is 7.91. The fraction of sp³-hybridized carbons (Fsp3) is 0.326. The van der Waals surface area contributed by atoms with Crippen molar-refractivity contribution in [2.75, 3.05) is 36.0 Å². The number of thiazole rings is 1. The molecule has 1 saturated carbocycles. The van der Waals surface area contributed by atoms with Gasteiger partial charge in [0.05, 0.1) is 27.6 Å². The Kier molecular flexibility index (Phi) is 11.8. The van der Waals surface area contributed by atoms with E-state index in [1.165, 1.54) is 36.5 Å². The van der Waals surface area contributed by atoms with Crippen LogP contribution in [0, 0.1) is 29.3 Å². The molecule has 0 spiro atoms. The van der Waals surface area contributed by atoms with E-state index in [0.29, 0.717) is 47.8 Å². The van der Waals surface area contributed by atoms with Crippen molar-refractivity contribution < 1.29 is 57.9 Å². The number of amides is 2. The number of anilines is 2. The molecule has 3 aromatic carbocycles. The Hall–Kier alpha value is -6.32. The molecule has 1 saturated heterocycles. The minimum absolute atomic E-state index is 0.0209. The van der Waals surface area contributed by atoms with Gasteiger partial charge in [0, 0.05) is 49.4 Å². The van der Waals surface area contributed by atoms with Crippen LogP contribution in [-0.2, 0) is 36.0 Å². The molecule has 2 fully saturated rings. The van der Waals surface area contributed by atoms with Crippen LogP contribution in [0.2, 0.25) is 0 Å². The number of nitrogens with two attached hydrogens (primary N) is 1. The highest BCUT2D eigenvalue weighted by Gasteiger charge is 2.56. The molecule has 0 unspecified atom stereocenters. The number of pyridine rings is 1. The Morgan fingerprint density at radius 3 is 2.08 bits per heavy atom. The molecule has 65 heavy (non-hydrogen) atoms. The smallest absolute Gasteiger partial charge is 0.368 e. The van der Waals surface area contributed by atoms with E-state index < -0.39 is 101 Å². The molecule has 3 aromatic heterocycles. The van der Waals surface area contributed by atoms with Gasteiger partial charge in [-0.15, -0.1) is 0 Å². The zero-order chi connectivity index (χ0) is 46.7. The Balaban J connectivity index is 1.17. The van der Waals surface area contributed by atoms with Gasteiger partial charge in [-0.1, -0.05) is 24.3 Å². The fourth-order valence-corrected chi connectivity index (χ4v) is 8.91. The van der Waals surface area contributed by atoms with Gasteiger partial charge in [-0.3, -0.25) is 14.3 Å². The molecular weight excluding hydrogens is 902 g/mol. The molecule has 2 aliphatic rings. The van der Waals surface area contributed by atoms with Gasteiger partial charge in [0.25, 0.3) is 11.8 Å². The topological polar surface area (TPSA) is 122 Å². The van der Waals surface area contributed by atoms with Crippen LogP contribution in [0.25, 0.3) is 21.5 Å². The summed E-state index contributed by atoms with van der Waals surface area (Å²) in [6.07, 6.45) is -10.1. The number of benzene rings is 3. The maximum atomic E-state index is 15.6. The van der Waals surface area contributed by atoms with Crippen molar-refractivity contribution in [2.45, 2.75) is 50.6 Å². The monoisotopic (exact) mass is 936 g/mol. The summed E-state index contributed by atoms with van der Waals surface area (Å²) >= 11 is 1.17. The van der Waals surface area contributed by atoms with Crippen molar-refractivity contribution >= 4 is 44.3 Å². The van der Waals surface area contributed by atoms with E-state index in [0.717, 1.165) is 36.4 Å². The van der Waals surface area contributed by atoms with Crippen LogP contribution in [0.15, 0.2) is 72.8 Å². The van der Waals surface area contributed by atoms with Crippen LogP contribution in [0.4, 0.5) is 59.1 Å². The van der Waals surface area contributed by atoms with E-state index in [2.05, 4.69) is 10.4 Å². The zero-order valence-electron chi connectivity index (χ0n) is 33.8. The van der Waals surface area contributed by atoms with Crippen LogP contribution in [0.1, 0.15) is 58.0 Å². The van der Waals surface area contributed by atoms with Gasteiger partial charge in [0.1, 0.15) is 29.7 Å². The van der Waals surface area contributed by atoms with Gasteiger partial charge in [-0.2, -0.15) is 45.2 Å². The number of nitrogens with zero attached hydrogens (tertiary/aromatic N) is 6. The number of rotatable bonds is 12. The number of piperazine rings is 1. The molecule has 2 amide bonds. The van der Waals surface area contributed by atoms with E-state index in [9.17, 15) is 49.1 Å². The van der Waals surface area contributed by atoms with E-state index in [4.69, 9.17) is 15.7 Å². The average molecular weight is 937 g/mol. The van der Waals surface area contributed by atoms with Crippen molar-refractivity contribution in [3.8, 4) is 11.1 Å². The number of halogens is 11. The first-order chi connectivity index (χ1) is 30.5. The van der Waals surface area contributed by atoms with Crippen LogP contribution < -0.4 is 20.9 Å². The molecule has 3 atom stereocenters. The lowest BCUT2D eigenvalue weighted by Crippen LogP contribution is -2.46. The summed E-state index contributed by atoms with van der Waals surface area (Å²) in [6.45, 7) is 1.87. The summed E-state index contributed by atoms with van der Waals surface area (Å²) in [5.41, 5.74) is 2.12. The molecule has 8 rings (SSSR count). The molecule has 10 nitrogen and oxygen atoms in total. The largest absolute Gasteiger partial charge is 0.435 e. The molecule has 1 aliphatic carbocycles. The van der Waals surface area contributed by atoms with Crippen molar-refractivity contribution in [2.24, 2.45) is 17.6 Å². The van der Waals surface area contributed by atoms with Gasteiger partial charge in [-0.25, -0.2) is 18.2 Å². The predicted octanol–water partition coefficient (Wildman–Crippen LogP) is 9.28. The van der Waals surface area contributed by atoms with Gasteiger partial charge < -0.3 is 20.9 Å².